The summed E-state index contributed by atoms with van der Waals surface area (Å²) in [5.41, 5.74) is 1.70. The number of aryl methyl sites for hydroxylation is 1. The number of primary sulfonamides is 1. The van der Waals surface area contributed by atoms with Crippen molar-refractivity contribution < 1.29 is 8.42 Å². The SMILES string of the molecule is Cc1nc(NC2CCN(c3ccccc3)CC2)sc1S(N)(=O)=O. The summed E-state index contributed by atoms with van der Waals surface area (Å²) in [4.78, 5) is 6.65. The highest BCUT2D eigenvalue weighted by atomic mass is 32.2. The highest BCUT2D eigenvalue weighted by Crippen LogP contribution is 2.28. The van der Waals surface area contributed by atoms with Crippen LogP contribution in [-0.4, -0.2) is 32.5 Å². The zero-order chi connectivity index (χ0) is 16.4. The van der Waals surface area contributed by atoms with Crippen LogP contribution in [0, 0.1) is 6.92 Å². The molecule has 0 saturated carbocycles. The third-order valence-electron chi connectivity index (χ3n) is 3.96. The average Bonchev–Trinajstić information content (AvgIpc) is 2.90. The van der Waals surface area contributed by atoms with Crippen LogP contribution < -0.4 is 15.4 Å². The lowest BCUT2D eigenvalue weighted by atomic mass is 10.0. The topological polar surface area (TPSA) is 88.3 Å². The van der Waals surface area contributed by atoms with Crippen molar-refractivity contribution in [1.29, 1.82) is 0 Å². The van der Waals surface area contributed by atoms with Gasteiger partial charge in [0.1, 0.15) is 0 Å². The van der Waals surface area contributed by atoms with Gasteiger partial charge in [-0.1, -0.05) is 29.5 Å². The van der Waals surface area contributed by atoms with Gasteiger partial charge in [0.25, 0.3) is 0 Å². The lowest BCUT2D eigenvalue weighted by molar-refractivity contribution is 0.526. The standard InChI is InChI=1S/C15H20N4O2S2/c1-11-14(23(16,20)21)22-15(17-11)18-12-7-9-19(10-8-12)13-5-3-2-4-6-13/h2-6,12H,7-10H2,1H3,(H,17,18)(H2,16,20,21). The van der Waals surface area contributed by atoms with Crippen LogP contribution in [0.1, 0.15) is 18.5 Å². The molecule has 0 aliphatic carbocycles. The third kappa shape index (κ3) is 3.82. The van der Waals surface area contributed by atoms with Crippen LogP contribution in [0.4, 0.5) is 10.8 Å². The predicted molar refractivity (Wildman–Crippen MR) is 93.5 cm³/mol. The molecule has 0 spiro atoms. The first kappa shape index (κ1) is 16.2. The van der Waals surface area contributed by atoms with E-state index >= 15 is 0 Å². The number of nitrogens with two attached hydrogens (primary N) is 1. The van der Waals surface area contributed by atoms with Crippen LogP contribution in [-0.2, 0) is 10.0 Å². The highest BCUT2D eigenvalue weighted by Gasteiger charge is 2.22. The first-order chi connectivity index (χ1) is 10.9. The van der Waals surface area contributed by atoms with Gasteiger partial charge in [-0.05, 0) is 31.9 Å². The van der Waals surface area contributed by atoms with E-state index in [1.54, 1.807) is 6.92 Å². The van der Waals surface area contributed by atoms with Crippen molar-refractivity contribution >= 4 is 32.2 Å². The number of aromatic nitrogens is 1. The molecule has 1 aliphatic rings. The second-order valence-electron chi connectivity index (χ2n) is 5.68. The van der Waals surface area contributed by atoms with E-state index < -0.39 is 10.0 Å². The van der Waals surface area contributed by atoms with E-state index in [1.807, 2.05) is 18.2 Å². The van der Waals surface area contributed by atoms with Crippen LogP contribution >= 0.6 is 11.3 Å². The van der Waals surface area contributed by atoms with Crippen molar-refractivity contribution in [2.24, 2.45) is 5.14 Å². The summed E-state index contributed by atoms with van der Waals surface area (Å²) in [7, 11) is -3.69. The van der Waals surface area contributed by atoms with Gasteiger partial charge < -0.3 is 10.2 Å². The zero-order valence-electron chi connectivity index (χ0n) is 12.9. The number of thiazole rings is 1. The Labute approximate surface area is 140 Å². The van der Waals surface area contributed by atoms with Crippen molar-refractivity contribution in [1.82, 2.24) is 4.98 Å². The minimum atomic E-state index is -3.69. The van der Waals surface area contributed by atoms with E-state index in [9.17, 15) is 8.42 Å². The van der Waals surface area contributed by atoms with Crippen LogP contribution in [0.2, 0.25) is 0 Å². The molecule has 3 N–H and O–H groups in total. The summed E-state index contributed by atoms with van der Waals surface area (Å²) in [5.74, 6) is 0. The van der Waals surface area contributed by atoms with Gasteiger partial charge in [-0.25, -0.2) is 18.5 Å². The summed E-state index contributed by atoms with van der Waals surface area (Å²) in [6.07, 6.45) is 1.97. The number of nitrogens with zero attached hydrogens (tertiary/aromatic N) is 2. The number of anilines is 2. The van der Waals surface area contributed by atoms with Gasteiger partial charge in [0.2, 0.25) is 10.0 Å². The summed E-state index contributed by atoms with van der Waals surface area (Å²) in [6.45, 7) is 3.60. The van der Waals surface area contributed by atoms with Crippen LogP contribution in [0.3, 0.4) is 0 Å². The fourth-order valence-electron chi connectivity index (χ4n) is 2.80. The largest absolute Gasteiger partial charge is 0.371 e. The molecule has 0 bridgehead atoms. The monoisotopic (exact) mass is 352 g/mol. The minimum Gasteiger partial charge on any atom is -0.371 e. The summed E-state index contributed by atoms with van der Waals surface area (Å²) < 4.78 is 23.1. The maximum absolute atomic E-state index is 11.5. The Balaban J connectivity index is 1.61. The van der Waals surface area contributed by atoms with Gasteiger partial charge >= 0.3 is 0 Å². The molecule has 3 rings (SSSR count). The normalized spacial score (nSPS) is 16.5. The van der Waals surface area contributed by atoms with Gasteiger partial charge in [-0.2, -0.15) is 0 Å². The average molecular weight is 352 g/mol. The molecule has 2 aromatic rings. The molecule has 0 radical (unpaired) electrons. The second-order valence-corrected chi connectivity index (χ2v) is 8.43. The molecule has 23 heavy (non-hydrogen) atoms. The number of nitrogens with one attached hydrogen (secondary N) is 1. The molecule has 124 valence electrons. The Bertz CT molecular complexity index is 766. The third-order valence-corrected chi connectivity index (χ3v) is 6.60. The highest BCUT2D eigenvalue weighted by molar-refractivity contribution is 7.91. The molecule has 1 saturated heterocycles. The summed E-state index contributed by atoms with van der Waals surface area (Å²) in [5, 5.41) is 9.17. The Morgan fingerprint density at radius 3 is 2.48 bits per heavy atom. The van der Waals surface area contributed by atoms with Gasteiger partial charge in [0.05, 0.1) is 5.69 Å². The van der Waals surface area contributed by atoms with Crippen molar-refractivity contribution in [3.05, 3.63) is 36.0 Å². The first-order valence-electron chi connectivity index (χ1n) is 7.50. The van der Waals surface area contributed by atoms with Gasteiger partial charge in [-0.15, -0.1) is 0 Å². The molecule has 0 atom stereocenters. The predicted octanol–water partition coefficient (Wildman–Crippen LogP) is 2.18. The molecule has 1 aromatic carbocycles. The Kier molecular flexibility index (Phi) is 4.56. The number of hydrogen-bond donors (Lipinski definition) is 2. The van der Waals surface area contributed by atoms with Crippen molar-refractivity contribution in [3.8, 4) is 0 Å². The molecule has 6 nitrogen and oxygen atoms in total. The second kappa shape index (κ2) is 6.46. The maximum atomic E-state index is 11.5. The first-order valence-corrected chi connectivity index (χ1v) is 9.86. The van der Waals surface area contributed by atoms with Crippen molar-refractivity contribution in [2.75, 3.05) is 23.3 Å². The lowest BCUT2D eigenvalue weighted by Gasteiger charge is -2.33. The Morgan fingerprint density at radius 1 is 1.26 bits per heavy atom. The smallest absolute Gasteiger partial charge is 0.249 e. The number of para-hydroxylation sites is 1. The molecular weight excluding hydrogens is 332 g/mol. The number of benzene rings is 1. The molecule has 0 amide bonds. The molecule has 1 aliphatic heterocycles. The molecule has 1 aromatic heterocycles. The van der Waals surface area contributed by atoms with E-state index in [2.05, 4.69) is 27.3 Å². The Hall–Kier alpha value is -1.64. The molecule has 2 heterocycles. The van der Waals surface area contributed by atoms with E-state index in [0.717, 1.165) is 37.3 Å². The fraction of sp³-hybridized carbons (Fsp3) is 0.400. The fourth-order valence-corrected chi connectivity index (χ4v) is 4.74. The number of piperidine rings is 1. The number of rotatable bonds is 4. The molecule has 8 heteroatoms. The zero-order valence-corrected chi connectivity index (χ0v) is 14.5. The number of hydrogen-bond acceptors (Lipinski definition) is 6. The minimum absolute atomic E-state index is 0.140. The summed E-state index contributed by atoms with van der Waals surface area (Å²) >= 11 is 1.11. The van der Waals surface area contributed by atoms with Crippen LogP contribution in [0.5, 0.6) is 0 Å². The number of sulfonamides is 1. The van der Waals surface area contributed by atoms with E-state index in [-0.39, 0.29) is 4.21 Å². The molecule has 1 fully saturated rings. The van der Waals surface area contributed by atoms with Crippen LogP contribution in [0.15, 0.2) is 34.5 Å². The molecular formula is C15H20N4O2S2. The Morgan fingerprint density at radius 2 is 1.91 bits per heavy atom. The van der Waals surface area contributed by atoms with E-state index in [0.29, 0.717) is 16.9 Å². The van der Waals surface area contributed by atoms with E-state index in [4.69, 9.17) is 5.14 Å². The van der Waals surface area contributed by atoms with Gasteiger partial charge in [0.15, 0.2) is 9.34 Å². The van der Waals surface area contributed by atoms with Crippen molar-refractivity contribution in [3.63, 3.8) is 0 Å². The van der Waals surface area contributed by atoms with Crippen molar-refractivity contribution in [2.45, 2.75) is 30.0 Å². The van der Waals surface area contributed by atoms with E-state index in [1.165, 1.54) is 5.69 Å². The van der Waals surface area contributed by atoms with Gasteiger partial charge in [0, 0.05) is 24.8 Å². The summed E-state index contributed by atoms with van der Waals surface area (Å²) in [6, 6.07) is 10.7. The maximum Gasteiger partial charge on any atom is 0.249 e. The van der Waals surface area contributed by atoms with Crippen LogP contribution in [0.25, 0.3) is 0 Å². The lowest BCUT2D eigenvalue weighted by Crippen LogP contribution is -2.39. The molecule has 0 unspecified atom stereocenters. The quantitative estimate of drug-likeness (QED) is 0.880. The van der Waals surface area contributed by atoms with Gasteiger partial charge in [-0.3, -0.25) is 0 Å².